The zero-order valence-electron chi connectivity index (χ0n) is 12.0. The molecule has 2 aromatic rings. The topological polar surface area (TPSA) is 60.7 Å². The molecule has 2 rings (SSSR count). The molecule has 2 aromatic heterocycles. The van der Waals surface area contributed by atoms with Gasteiger partial charge in [-0.3, -0.25) is 9.78 Å². The molecule has 0 aliphatic carbocycles. The molecule has 110 valence electrons. The smallest absolute Gasteiger partial charge is 0.195 e. The van der Waals surface area contributed by atoms with Gasteiger partial charge in [0.2, 0.25) is 0 Å². The molecule has 0 saturated heterocycles. The molecule has 0 spiro atoms. The highest BCUT2D eigenvalue weighted by atomic mass is 32.1. The van der Waals surface area contributed by atoms with Crippen LogP contribution < -0.4 is 0 Å². The van der Waals surface area contributed by atoms with E-state index in [1.165, 1.54) is 5.56 Å². The van der Waals surface area contributed by atoms with Gasteiger partial charge in [-0.1, -0.05) is 0 Å². The molecule has 0 unspecified atom stereocenters. The van der Waals surface area contributed by atoms with E-state index in [2.05, 4.69) is 15.3 Å². The van der Waals surface area contributed by atoms with E-state index in [-0.39, 0.29) is 0 Å². The molecule has 0 amide bonds. The maximum absolute atomic E-state index is 5.35. The standard InChI is InChI=1S/C13H21N5OS/c1-3-19-8-4-6-18-12(15-16-13(18)20)5-7-17-10-11(2)9-14-17/h9-10H,3-8H2,1-2H3,(H,16,20). The maximum Gasteiger partial charge on any atom is 0.195 e. The second-order valence-corrected chi connectivity index (χ2v) is 5.06. The fourth-order valence-corrected chi connectivity index (χ4v) is 2.29. The van der Waals surface area contributed by atoms with E-state index in [9.17, 15) is 0 Å². The lowest BCUT2D eigenvalue weighted by Crippen LogP contribution is -2.10. The number of nitrogens with one attached hydrogen (secondary N) is 1. The van der Waals surface area contributed by atoms with Crippen LogP contribution in [0.15, 0.2) is 12.4 Å². The zero-order chi connectivity index (χ0) is 14.4. The highest BCUT2D eigenvalue weighted by Crippen LogP contribution is 2.04. The quantitative estimate of drug-likeness (QED) is 0.598. The Labute approximate surface area is 123 Å². The molecule has 0 aliphatic heterocycles. The van der Waals surface area contributed by atoms with Gasteiger partial charge in [0, 0.05) is 38.9 Å². The summed E-state index contributed by atoms with van der Waals surface area (Å²) in [6.45, 7) is 7.18. The lowest BCUT2D eigenvalue weighted by Gasteiger charge is -2.07. The van der Waals surface area contributed by atoms with Crippen molar-refractivity contribution in [1.82, 2.24) is 24.5 Å². The third kappa shape index (κ3) is 4.01. The first-order chi connectivity index (χ1) is 9.70. The third-order valence-corrected chi connectivity index (χ3v) is 3.35. The Kier molecular flexibility index (Phi) is 5.49. The molecule has 1 N–H and O–H groups in total. The highest BCUT2D eigenvalue weighted by molar-refractivity contribution is 7.71. The van der Waals surface area contributed by atoms with Gasteiger partial charge in [0.15, 0.2) is 4.77 Å². The minimum atomic E-state index is 0.674. The predicted molar refractivity (Wildman–Crippen MR) is 79.2 cm³/mol. The van der Waals surface area contributed by atoms with Crippen molar-refractivity contribution in [3.05, 3.63) is 28.6 Å². The Hall–Kier alpha value is -1.47. The van der Waals surface area contributed by atoms with Gasteiger partial charge < -0.3 is 9.30 Å². The average Bonchev–Trinajstić information content (AvgIpc) is 3.00. The van der Waals surface area contributed by atoms with Crippen LogP contribution in [0, 0.1) is 11.7 Å². The molecule has 20 heavy (non-hydrogen) atoms. The van der Waals surface area contributed by atoms with Gasteiger partial charge in [-0.05, 0) is 38.0 Å². The largest absolute Gasteiger partial charge is 0.382 e. The monoisotopic (exact) mass is 295 g/mol. The Morgan fingerprint density at radius 3 is 2.95 bits per heavy atom. The van der Waals surface area contributed by atoms with Gasteiger partial charge in [0.25, 0.3) is 0 Å². The lowest BCUT2D eigenvalue weighted by molar-refractivity contribution is 0.141. The third-order valence-electron chi connectivity index (χ3n) is 3.04. The van der Waals surface area contributed by atoms with E-state index in [0.29, 0.717) is 4.77 Å². The Morgan fingerprint density at radius 2 is 2.25 bits per heavy atom. The molecule has 0 saturated carbocycles. The second kappa shape index (κ2) is 7.35. The predicted octanol–water partition coefficient (Wildman–Crippen LogP) is 2.11. The molecule has 0 radical (unpaired) electrons. The van der Waals surface area contributed by atoms with Crippen molar-refractivity contribution in [3.63, 3.8) is 0 Å². The molecular formula is C13H21N5OS. The average molecular weight is 295 g/mol. The van der Waals surface area contributed by atoms with Crippen LogP contribution in [-0.2, 0) is 24.2 Å². The number of rotatable bonds is 8. The molecule has 0 bridgehead atoms. The first-order valence-corrected chi connectivity index (χ1v) is 7.32. The minimum absolute atomic E-state index is 0.674. The van der Waals surface area contributed by atoms with E-state index < -0.39 is 0 Å². The SMILES string of the molecule is CCOCCCn1c(CCn2cc(C)cn2)n[nH]c1=S. The molecule has 0 aliphatic rings. The number of aryl methyl sites for hydroxylation is 3. The number of hydrogen-bond acceptors (Lipinski definition) is 4. The zero-order valence-corrected chi connectivity index (χ0v) is 12.8. The van der Waals surface area contributed by atoms with E-state index in [1.54, 1.807) is 0 Å². The first-order valence-electron chi connectivity index (χ1n) is 6.91. The lowest BCUT2D eigenvalue weighted by atomic mass is 10.3. The van der Waals surface area contributed by atoms with Gasteiger partial charge in [-0.15, -0.1) is 0 Å². The van der Waals surface area contributed by atoms with Crippen molar-refractivity contribution in [2.75, 3.05) is 13.2 Å². The molecule has 0 aromatic carbocycles. The molecule has 6 nitrogen and oxygen atoms in total. The number of ether oxygens (including phenoxy) is 1. The molecule has 7 heteroatoms. The number of nitrogens with zero attached hydrogens (tertiary/aromatic N) is 4. The van der Waals surface area contributed by atoms with E-state index in [4.69, 9.17) is 17.0 Å². The van der Waals surface area contributed by atoms with Crippen LogP contribution >= 0.6 is 12.2 Å². The summed E-state index contributed by atoms with van der Waals surface area (Å²) in [5, 5.41) is 11.4. The van der Waals surface area contributed by atoms with E-state index >= 15 is 0 Å². The summed E-state index contributed by atoms with van der Waals surface area (Å²) in [5.41, 5.74) is 1.17. The summed E-state index contributed by atoms with van der Waals surface area (Å²) in [5.74, 6) is 0.972. The highest BCUT2D eigenvalue weighted by Gasteiger charge is 2.06. The summed E-state index contributed by atoms with van der Waals surface area (Å²) in [4.78, 5) is 0. The number of H-pyrrole nitrogens is 1. The molecule has 2 heterocycles. The van der Waals surface area contributed by atoms with Crippen LogP contribution in [0.25, 0.3) is 0 Å². The summed E-state index contributed by atoms with van der Waals surface area (Å²) >= 11 is 5.27. The number of aromatic nitrogens is 5. The van der Waals surface area contributed by atoms with E-state index in [1.807, 2.05) is 35.5 Å². The number of hydrogen-bond donors (Lipinski definition) is 1. The van der Waals surface area contributed by atoms with Crippen molar-refractivity contribution >= 4 is 12.2 Å². The van der Waals surface area contributed by atoms with Crippen LogP contribution in [0.4, 0.5) is 0 Å². The fraction of sp³-hybridized carbons (Fsp3) is 0.615. The number of aromatic amines is 1. The Balaban J connectivity index is 1.92. The maximum atomic E-state index is 5.35. The Bertz CT molecular complexity index is 586. The Morgan fingerprint density at radius 1 is 1.40 bits per heavy atom. The van der Waals surface area contributed by atoms with Gasteiger partial charge in [0.1, 0.15) is 5.82 Å². The summed E-state index contributed by atoms with van der Waals surface area (Å²) in [6.07, 6.45) is 5.64. The van der Waals surface area contributed by atoms with Gasteiger partial charge in [-0.2, -0.15) is 10.2 Å². The van der Waals surface area contributed by atoms with Crippen molar-refractivity contribution in [2.45, 2.75) is 39.8 Å². The van der Waals surface area contributed by atoms with Crippen LogP contribution in [0.3, 0.4) is 0 Å². The van der Waals surface area contributed by atoms with Crippen LogP contribution in [0.2, 0.25) is 0 Å². The molecule has 0 atom stereocenters. The van der Waals surface area contributed by atoms with Crippen molar-refractivity contribution in [1.29, 1.82) is 0 Å². The summed E-state index contributed by atoms with van der Waals surface area (Å²) in [7, 11) is 0. The van der Waals surface area contributed by atoms with Gasteiger partial charge in [0.05, 0.1) is 6.20 Å². The molecular weight excluding hydrogens is 274 g/mol. The fourth-order valence-electron chi connectivity index (χ4n) is 2.04. The summed E-state index contributed by atoms with van der Waals surface area (Å²) in [6, 6.07) is 0. The van der Waals surface area contributed by atoms with Crippen molar-refractivity contribution < 1.29 is 4.74 Å². The normalized spacial score (nSPS) is 11.1. The second-order valence-electron chi connectivity index (χ2n) is 4.68. The van der Waals surface area contributed by atoms with Crippen LogP contribution in [0.1, 0.15) is 24.7 Å². The van der Waals surface area contributed by atoms with Crippen molar-refractivity contribution in [2.24, 2.45) is 0 Å². The first kappa shape index (κ1) is 14.9. The van der Waals surface area contributed by atoms with Gasteiger partial charge >= 0.3 is 0 Å². The van der Waals surface area contributed by atoms with Gasteiger partial charge in [-0.25, -0.2) is 0 Å². The molecule has 0 fully saturated rings. The summed E-state index contributed by atoms with van der Waals surface area (Å²) < 4.78 is 10.0. The van der Waals surface area contributed by atoms with Crippen LogP contribution in [0.5, 0.6) is 0 Å². The van der Waals surface area contributed by atoms with Crippen LogP contribution in [-0.4, -0.2) is 37.8 Å². The van der Waals surface area contributed by atoms with Crippen molar-refractivity contribution in [3.8, 4) is 0 Å². The van der Waals surface area contributed by atoms with E-state index in [0.717, 1.165) is 45.0 Å². The minimum Gasteiger partial charge on any atom is -0.382 e.